The fraction of sp³-hybridized carbons (Fsp3) is 0.900. The lowest BCUT2D eigenvalue weighted by Crippen LogP contribution is -2.33. The highest BCUT2D eigenvalue weighted by molar-refractivity contribution is 5.85. The molecule has 0 aromatic rings. The molecule has 0 aromatic carbocycles. The second-order valence-electron chi connectivity index (χ2n) is 4.34. The SMILES string of the molecule is CCN1C(=O)C(C)(C)[C@@H](C)[C@H]1C. The highest BCUT2D eigenvalue weighted by atomic mass is 16.2. The summed E-state index contributed by atoms with van der Waals surface area (Å²) in [5, 5.41) is 0. The maximum atomic E-state index is 11.8. The molecule has 0 radical (unpaired) electrons. The molecular weight excluding hydrogens is 150 g/mol. The van der Waals surface area contributed by atoms with Crippen molar-refractivity contribution in [2.24, 2.45) is 11.3 Å². The van der Waals surface area contributed by atoms with Crippen LogP contribution in [0.15, 0.2) is 0 Å². The van der Waals surface area contributed by atoms with Gasteiger partial charge in [-0.3, -0.25) is 4.79 Å². The van der Waals surface area contributed by atoms with Crippen molar-refractivity contribution in [3.8, 4) is 0 Å². The normalized spacial score (nSPS) is 34.4. The summed E-state index contributed by atoms with van der Waals surface area (Å²) in [5.74, 6) is 0.773. The van der Waals surface area contributed by atoms with Gasteiger partial charge in [-0.15, -0.1) is 0 Å². The summed E-state index contributed by atoms with van der Waals surface area (Å²) in [6.07, 6.45) is 0. The first-order valence-corrected chi connectivity index (χ1v) is 4.74. The van der Waals surface area contributed by atoms with E-state index in [4.69, 9.17) is 0 Å². The van der Waals surface area contributed by atoms with Gasteiger partial charge in [0.15, 0.2) is 0 Å². The molecule has 0 aromatic heterocycles. The second kappa shape index (κ2) is 2.75. The number of hydrogen-bond donors (Lipinski definition) is 0. The third kappa shape index (κ3) is 1.05. The fourth-order valence-corrected chi connectivity index (χ4v) is 2.05. The zero-order chi connectivity index (χ0) is 9.52. The Labute approximate surface area is 74.9 Å². The van der Waals surface area contributed by atoms with Gasteiger partial charge < -0.3 is 4.90 Å². The van der Waals surface area contributed by atoms with E-state index in [1.165, 1.54) is 0 Å². The van der Waals surface area contributed by atoms with Crippen LogP contribution >= 0.6 is 0 Å². The van der Waals surface area contributed by atoms with Gasteiger partial charge in [0, 0.05) is 18.0 Å². The third-order valence-electron chi connectivity index (χ3n) is 3.51. The predicted octanol–water partition coefficient (Wildman–Crippen LogP) is 1.90. The fourth-order valence-electron chi connectivity index (χ4n) is 2.05. The van der Waals surface area contributed by atoms with Crippen molar-refractivity contribution < 1.29 is 4.79 Å². The Morgan fingerprint density at radius 3 is 2.08 bits per heavy atom. The number of amides is 1. The van der Waals surface area contributed by atoms with Crippen LogP contribution in [0, 0.1) is 11.3 Å². The summed E-state index contributed by atoms with van der Waals surface area (Å²) in [7, 11) is 0. The Morgan fingerprint density at radius 1 is 1.42 bits per heavy atom. The van der Waals surface area contributed by atoms with Crippen molar-refractivity contribution in [2.45, 2.75) is 40.7 Å². The average molecular weight is 169 g/mol. The lowest BCUT2D eigenvalue weighted by Gasteiger charge is -2.21. The van der Waals surface area contributed by atoms with Crippen molar-refractivity contribution in [1.82, 2.24) is 4.90 Å². The van der Waals surface area contributed by atoms with Gasteiger partial charge in [-0.05, 0) is 19.8 Å². The Balaban J connectivity index is 2.94. The van der Waals surface area contributed by atoms with E-state index in [0.717, 1.165) is 6.54 Å². The summed E-state index contributed by atoms with van der Waals surface area (Å²) >= 11 is 0. The van der Waals surface area contributed by atoms with Crippen molar-refractivity contribution >= 4 is 5.91 Å². The molecule has 0 saturated carbocycles. The number of carbonyl (C=O) groups excluding carboxylic acids is 1. The Kier molecular flexibility index (Phi) is 2.19. The van der Waals surface area contributed by atoms with E-state index < -0.39 is 0 Å². The van der Waals surface area contributed by atoms with Crippen LogP contribution < -0.4 is 0 Å². The van der Waals surface area contributed by atoms with Crippen LogP contribution in [0.2, 0.25) is 0 Å². The van der Waals surface area contributed by atoms with Crippen LogP contribution in [0.4, 0.5) is 0 Å². The van der Waals surface area contributed by atoms with Crippen LogP contribution in [0.25, 0.3) is 0 Å². The highest BCUT2D eigenvalue weighted by Crippen LogP contribution is 2.40. The molecule has 0 bridgehead atoms. The lowest BCUT2D eigenvalue weighted by atomic mass is 9.80. The molecule has 1 rings (SSSR count). The van der Waals surface area contributed by atoms with Gasteiger partial charge in [-0.25, -0.2) is 0 Å². The molecule has 70 valence electrons. The minimum absolute atomic E-state index is 0.157. The molecule has 0 unspecified atom stereocenters. The number of hydrogen-bond acceptors (Lipinski definition) is 1. The topological polar surface area (TPSA) is 20.3 Å². The van der Waals surface area contributed by atoms with E-state index in [1.54, 1.807) is 0 Å². The molecular formula is C10H19NO. The van der Waals surface area contributed by atoms with Crippen LogP contribution in [0.1, 0.15) is 34.6 Å². The standard InChI is InChI=1S/C10H19NO/c1-6-11-8(3)7(2)10(4,5)9(11)12/h7-8H,6H2,1-5H3/t7-,8+/m0/s1. The Morgan fingerprint density at radius 2 is 1.92 bits per heavy atom. The molecule has 1 saturated heterocycles. The first kappa shape index (κ1) is 9.56. The van der Waals surface area contributed by atoms with E-state index in [9.17, 15) is 4.79 Å². The van der Waals surface area contributed by atoms with Crippen LogP contribution in [0.5, 0.6) is 0 Å². The van der Waals surface area contributed by atoms with Crippen LogP contribution in [0.3, 0.4) is 0 Å². The molecule has 2 heteroatoms. The summed E-state index contributed by atoms with van der Waals surface area (Å²) in [4.78, 5) is 13.8. The summed E-state index contributed by atoms with van der Waals surface area (Å²) in [6, 6.07) is 0.400. The van der Waals surface area contributed by atoms with Crippen LogP contribution in [-0.2, 0) is 4.79 Å². The zero-order valence-corrected chi connectivity index (χ0v) is 8.72. The summed E-state index contributed by atoms with van der Waals surface area (Å²) in [6.45, 7) is 11.3. The van der Waals surface area contributed by atoms with Crippen molar-refractivity contribution in [3.05, 3.63) is 0 Å². The van der Waals surface area contributed by atoms with Gasteiger partial charge in [0.1, 0.15) is 0 Å². The molecule has 0 aliphatic carbocycles. The van der Waals surface area contributed by atoms with E-state index in [1.807, 2.05) is 25.7 Å². The molecule has 1 fully saturated rings. The highest BCUT2D eigenvalue weighted by Gasteiger charge is 2.48. The quantitative estimate of drug-likeness (QED) is 0.587. The summed E-state index contributed by atoms with van der Waals surface area (Å²) in [5.41, 5.74) is -0.157. The smallest absolute Gasteiger partial charge is 0.228 e. The minimum atomic E-state index is -0.157. The average Bonchev–Trinajstić information content (AvgIpc) is 2.15. The van der Waals surface area contributed by atoms with Gasteiger partial charge in [0.05, 0.1) is 0 Å². The zero-order valence-electron chi connectivity index (χ0n) is 8.72. The molecule has 0 N–H and O–H groups in total. The number of carbonyl (C=O) groups is 1. The largest absolute Gasteiger partial charge is 0.339 e. The van der Waals surface area contributed by atoms with Crippen molar-refractivity contribution in [1.29, 1.82) is 0 Å². The molecule has 2 atom stereocenters. The molecule has 2 nitrogen and oxygen atoms in total. The Hall–Kier alpha value is -0.530. The first-order chi connectivity index (χ1) is 5.42. The summed E-state index contributed by atoms with van der Waals surface area (Å²) < 4.78 is 0. The van der Waals surface area contributed by atoms with Crippen molar-refractivity contribution in [2.75, 3.05) is 6.54 Å². The molecule has 1 heterocycles. The molecule has 1 amide bonds. The molecule has 0 spiro atoms. The number of nitrogens with zero attached hydrogens (tertiary/aromatic N) is 1. The van der Waals surface area contributed by atoms with Gasteiger partial charge in [0.25, 0.3) is 0 Å². The lowest BCUT2D eigenvalue weighted by molar-refractivity contribution is -0.135. The van der Waals surface area contributed by atoms with E-state index in [2.05, 4.69) is 13.8 Å². The maximum Gasteiger partial charge on any atom is 0.228 e. The van der Waals surface area contributed by atoms with Gasteiger partial charge >= 0.3 is 0 Å². The van der Waals surface area contributed by atoms with Gasteiger partial charge in [-0.2, -0.15) is 0 Å². The van der Waals surface area contributed by atoms with Gasteiger partial charge in [0.2, 0.25) is 5.91 Å². The third-order valence-corrected chi connectivity index (χ3v) is 3.51. The maximum absolute atomic E-state index is 11.8. The first-order valence-electron chi connectivity index (χ1n) is 4.74. The molecule has 1 aliphatic heterocycles. The van der Waals surface area contributed by atoms with E-state index in [0.29, 0.717) is 17.9 Å². The second-order valence-corrected chi connectivity index (χ2v) is 4.34. The Bertz CT molecular complexity index is 198. The van der Waals surface area contributed by atoms with E-state index >= 15 is 0 Å². The predicted molar refractivity (Wildman–Crippen MR) is 49.8 cm³/mol. The monoisotopic (exact) mass is 169 g/mol. The van der Waals surface area contributed by atoms with Gasteiger partial charge in [-0.1, -0.05) is 20.8 Å². The number of rotatable bonds is 1. The van der Waals surface area contributed by atoms with E-state index in [-0.39, 0.29) is 5.41 Å². The van der Waals surface area contributed by atoms with Crippen molar-refractivity contribution in [3.63, 3.8) is 0 Å². The molecule has 1 aliphatic rings. The minimum Gasteiger partial charge on any atom is -0.339 e. The number of likely N-dealkylation sites (tertiary alicyclic amines) is 1. The molecule has 12 heavy (non-hydrogen) atoms. The van der Waals surface area contributed by atoms with Crippen LogP contribution in [-0.4, -0.2) is 23.4 Å².